The van der Waals surface area contributed by atoms with E-state index in [0.29, 0.717) is 12.6 Å². The second kappa shape index (κ2) is 8.50. The maximum absolute atomic E-state index is 11.8. The van der Waals surface area contributed by atoms with Crippen molar-refractivity contribution in [3.8, 4) is 0 Å². The molecular formula is C12H21ClN2OS. The number of nitrogens with one attached hydrogen (secondary N) is 2. The Balaban J connectivity index is 0.00000256. The maximum Gasteiger partial charge on any atom is 0.228 e. The monoisotopic (exact) mass is 276 g/mol. The van der Waals surface area contributed by atoms with E-state index in [1.54, 1.807) is 11.3 Å². The Labute approximate surface area is 113 Å². The molecule has 0 saturated carbocycles. The van der Waals surface area contributed by atoms with E-state index in [4.69, 9.17) is 0 Å². The lowest BCUT2D eigenvalue weighted by molar-refractivity contribution is -0.122. The summed E-state index contributed by atoms with van der Waals surface area (Å²) in [5.74, 6) is 0.0565. The third-order valence-electron chi connectivity index (χ3n) is 2.50. The SMILES string of the molecule is CCN[C@H](C)CNC(=O)C(C)c1cccs1.Cl. The fraction of sp³-hybridized carbons (Fsp3) is 0.583. The summed E-state index contributed by atoms with van der Waals surface area (Å²) < 4.78 is 0. The lowest BCUT2D eigenvalue weighted by Crippen LogP contribution is -2.40. The first kappa shape index (κ1) is 16.4. The topological polar surface area (TPSA) is 41.1 Å². The van der Waals surface area contributed by atoms with Crippen molar-refractivity contribution in [3.05, 3.63) is 22.4 Å². The molecule has 0 aliphatic rings. The molecule has 0 saturated heterocycles. The van der Waals surface area contributed by atoms with E-state index >= 15 is 0 Å². The normalized spacial score (nSPS) is 13.6. The van der Waals surface area contributed by atoms with E-state index in [1.165, 1.54) is 0 Å². The van der Waals surface area contributed by atoms with Crippen LogP contribution in [0.15, 0.2) is 17.5 Å². The molecule has 2 atom stereocenters. The minimum Gasteiger partial charge on any atom is -0.354 e. The van der Waals surface area contributed by atoms with Gasteiger partial charge in [-0.05, 0) is 31.8 Å². The number of likely N-dealkylation sites (N-methyl/N-ethyl adjacent to an activating group) is 1. The van der Waals surface area contributed by atoms with E-state index in [0.717, 1.165) is 11.4 Å². The number of thiophene rings is 1. The van der Waals surface area contributed by atoms with Crippen molar-refractivity contribution in [3.63, 3.8) is 0 Å². The summed E-state index contributed by atoms with van der Waals surface area (Å²) in [5, 5.41) is 8.22. The molecule has 1 heterocycles. The second-order valence-electron chi connectivity index (χ2n) is 3.94. The Morgan fingerprint density at radius 2 is 2.18 bits per heavy atom. The molecule has 1 unspecified atom stereocenters. The molecule has 0 fully saturated rings. The molecule has 0 radical (unpaired) electrons. The molecule has 1 aromatic heterocycles. The fourth-order valence-corrected chi connectivity index (χ4v) is 2.28. The van der Waals surface area contributed by atoms with Gasteiger partial charge in [0.25, 0.3) is 0 Å². The quantitative estimate of drug-likeness (QED) is 0.838. The van der Waals surface area contributed by atoms with Crippen molar-refractivity contribution in [2.45, 2.75) is 32.7 Å². The summed E-state index contributed by atoms with van der Waals surface area (Å²) in [6, 6.07) is 4.30. The highest BCUT2D eigenvalue weighted by molar-refractivity contribution is 7.10. The fourth-order valence-electron chi connectivity index (χ4n) is 1.49. The predicted molar refractivity (Wildman–Crippen MR) is 76.1 cm³/mol. The van der Waals surface area contributed by atoms with Crippen LogP contribution in [-0.4, -0.2) is 25.0 Å². The molecule has 0 aliphatic heterocycles. The molecule has 2 N–H and O–H groups in total. The standard InChI is InChI=1S/C12H20N2OS.ClH/c1-4-13-9(2)8-14-12(15)10(3)11-6-5-7-16-11;/h5-7,9-10,13H,4,8H2,1-3H3,(H,14,15);1H/t9-,10?;/m1./s1. The molecule has 17 heavy (non-hydrogen) atoms. The van der Waals surface area contributed by atoms with Gasteiger partial charge in [-0.1, -0.05) is 13.0 Å². The van der Waals surface area contributed by atoms with Crippen LogP contribution in [0, 0.1) is 0 Å². The van der Waals surface area contributed by atoms with Gasteiger partial charge in [-0.25, -0.2) is 0 Å². The molecule has 1 rings (SSSR count). The van der Waals surface area contributed by atoms with Crippen molar-refractivity contribution in [1.29, 1.82) is 0 Å². The van der Waals surface area contributed by atoms with Crippen LogP contribution >= 0.6 is 23.7 Å². The lowest BCUT2D eigenvalue weighted by Gasteiger charge is -2.15. The summed E-state index contributed by atoms with van der Waals surface area (Å²) in [4.78, 5) is 12.9. The zero-order valence-electron chi connectivity index (χ0n) is 10.5. The largest absolute Gasteiger partial charge is 0.354 e. The van der Waals surface area contributed by atoms with Gasteiger partial charge in [0.2, 0.25) is 5.91 Å². The molecule has 0 aromatic carbocycles. The Morgan fingerprint density at radius 1 is 1.47 bits per heavy atom. The first-order valence-electron chi connectivity index (χ1n) is 5.69. The zero-order valence-corrected chi connectivity index (χ0v) is 12.2. The molecule has 1 aromatic rings. The summed E-state index contributed by atoms with van der Waals surface area (Å²) in [7, 11) is 0. The lowest BCUT2D eigenvalue weighted by atomic mass is 10.1. The number of rotatable bonds is 6. The van der Waals surface area contributed by atoms with Crippen molar-refractivity contribution in [1.82, 2.24) is 10.6 Å². The van der Waals surface area contributed by atoms with Gasteiger partial charge in [0.1, 0.15) is 0 Å². The maximum atomic E-state index is 11.8. The highest BCUT2D eigenvalue weighted by atomic mass is 35.5. The van der Waals surface area contributed by atoms with Crippen LogP contribution in [0.2, 0.25) is 0 Å². The summed E-state index contributed by atoms with van der Waals surface area (Å²) in [5.41, 5.74) is 0. The van der Waals surface area contributed by atoms with Crippen LogP contribution in [0.1, 0.15) is 31.6 Å². The second-order valence-corrected chi connectivity index (χ2v) is 4.92. The summed E-state index contributed by atoms with van der Waals surface area (Å²) in [6.07, 6.45) is 0. The highest BCUT2D eigenvalue weighted by Gasteiger charge is 2.15. The van der Waals surface area contributed by atoms with Gasteiger partial charge < -0.3 is 10.6 Å². The van der Waals surface area contributed by atoms with Gasteiger partial charge in [-0.15, -0.1) is 23.7 Å². The number of halogens is 1. The zero-order chi connectivity index (χ0) is 12.0. The van der Waals surface area contributed by atoms with Crippen LogP contribution in [-0.2, 0) is 4.79 Å². The molecule has 1 amide bonds. The van der Waals surface area contributed by atoms with Crippen molar-refractivity contribution >= 4 is 29.7 Å². The average Bonchev–Trinajstić information content (AvgIpc) is 2.78. The number of hydrogen-bond acceptors (Lipinski definition) is 3. The van der Waals surface area contributed by atoms with Gasteiger partial charge >= 0.3 is 0 Å². The molecule has 5 heteroatoms. The molecule has 0 aliphatic carbocycles. The van der Waals surface area contributed by atoms with E-state index in [2.05, 4.69) is 24.5 Å². The number of carbonyl (C=O) groups excluding carboxylic acids is 1. The number of carbonyl (C=O) groups is 1. The predicted octanol–water partition coefficient (Wildman–Crippen LogP) is 2.39. The van der Waals surface area contributed by atoms with Gasteiger partial charge in [-0.2, -0.15) is 0 Å². The molecule has 0 spiro atoms. The van der Waals surface area contributed by atoms with Crippen LogP contribution in [0.3, 0.4) is 0 Å². The summed E-state index contributed by atoms with van der Waals surface area (Å²) in [6.45, 7) is 7.69. The highest BCUT2D eigenvalue weighted by Crippen LogP contribution is 2.20. The Kier molecular flexibility index (Phi) is 8.21. The van der Waals surface area contributed by atoms with Gasteiger partial charge in [-0.3, -0.25) is 4.79 Å². The smallest absolute Gasteiger partial charge is 0.228 e. The third kappa shape index (κ3) is 5.52. The van der Waals surface area contributed by atoms with E-state index in [-0.39, 0.29) is 24.2 Å². The first-order chi connectivity index (χ1) is 7.65. The van der Waals surface area contributed by atoms with Gasteiger partial charge in [0, 0.05) is 17.5 Å². The van der Waals surface area contributed by atoms with Gasteiger partial charge in [0.15, 0.2) is 0 Å². The van der Waals surface area contributed by atoms with Crippen LogP contribution in [0.25, 0.3) is 0 Å². The minimum atomic E-state index is -0.0474. The Hall–Kier alpha value is -0.580. The van der Waals surface area contributed by atoms with Crippen molar-refractivity contribution in [2.75, 3.05) is 13.1 Å². The van der Waals surface area contributed by atoms with Crippen LogP contribution in [0.4, 0.5) is 0 Å². The first-order valence-corrected chi connectivity index (χ1v) is 6.57. The van der Waals surface area contributed by atoms with Crippen LogP contribution < -0.4 is 10.6 Å². The molecule has 3 nitrogen and oxygen atoms in total. The average molecular weight is 277 g/mol. The summed E-state index contributed by atoms with van der Waals surface area (Å²) >= 11 is 1.63. The van der Waals surface area contributed by atoms with Crippen molar-refractivity contribution in [2.24, 2.45) is 0 Å². The Bertz CT molecular complexity index is 316. The van der Waals surface area contributed by atoms with Crippen LogP contribution in [0.5, 0.6) is 0 Å². The van der Waals surface area contributed by atoms with E-state index in [1.807, 2.05) is 24.4 Å². The van der Waals surface area contributed by atoms with E-state index < -0.39 is 0 Å². The van der Waals surface area contributed by atoms with Gasteiger partial charge in [0.05, 0.1) is 5.92 Å². The van der Waals surface area contributed by atoms with Crippen molar-refractivity contribution < 1.29 is 4.79 Å². The minimum absolute atomic E-state index is 0. The molecular weight excluding hydrogens is 256 g/mol. The third-order valence-corrected chi connectivity index (χ3v) is 3.55. The van der Waals surface area contributed by atoms with E-state index in [9.17, 15) is 4.79 Å². The molecule has 98 valence electrons. The number of amides is 1. The number of hydrogen-bond donors (Lipinski definition) is 2. The molecule has 0 bridgehead atoms. The Morgan fingerprint density at radius 3 is 2.71 bits per heavy atom.